The Morgan fingerprint density at radius 1 is 1.50 bits per heavy atom. The molecule has 2 rings (SSSR count). The fourth-order valence-corrected chi connectivity index (χ4v) is 1.64. The lowest BCUT2D eigenvalue weighted by Crippen LogP contribution is -2.25. The van der Waals surface area contributed by atoms with Gasteiger partial charge in [-0.2, -0.15) is 0 Å². The van der Waals surface area contributed by atoms with E-state index in [0.29, 0.717) is 18.8 Å². The number of hydrogen-bond donors (Lipinski definition) is 1. The molecule has 1 saturated heterocycles. The highest BCUT2D eigenvalue weighted by Crippen LogP contribution is 2.23. The molecule has 1 heterocycles. The summed E-state index contributed by atoms with van der Waals surface area (Å²) in [4.78, 5) is 13.0. The number of phenols is 1. The summed E-state index contributed by atoms with van der Waals surface area (Å²) in [5.41, 5.74) is 0.710. The lowest BCUT2D eigenvalue weighted by Gasteiger charge is -2.12. The van der Waals surface area contributed by atoms with E-state index in [9.17, 15) is 4.79 Å². The molecule has 0 bridgehead atoms. The molecule has 0 aromatic heterocycles. The minimum absolute atomic E-state index is 0.171. The van der Waals surface area contributed by atoms with E-state index >= 15 is 0 Å². The number of rotatable bonds is 3. The highest BCUT2D eigenvalue weighted by Gasteiger charge is 2.32. The van der Waals surface area contributed by atoms with Crippen molar-refractivity contribution < 1.29 is 19.4 Å². The van der Waals surface area contributed by atoms with Crippen molar-refractivity contribution in [1.82, 2.24) is 0 Å². The number of ether oxygens (including phenoxy) is 2. The van der Waals surface area contributed by atoms with Crippen molar-refractivity contribution in [3.05, 3.63) is 24.3 Å². The maximum Gasteiger partial charge on any atom is 0.414 e. The zero-order valence-electron chi connectivity index (χ0n) is 8.92. The Balaban J connectivity index is 2.10. The molecule has 0 spiro atoms. The number of aromatic hydroxyl groups is 1. The summed E-state index contributed by atoms with van der Waals surface area (Å²) in [6.45, 7) is 0.859. The summed E-state index contributed by atoms with van der Waals surface area (Å²) in [6, 6.07) is 6.41. The molecule has 0 unspecified atom stereocenters. The van der Waals surface area contributed by atoms with E-state index in [4.69, 9.17) is 14.6 Å². The van der Waals surface area contributed by atoms with Crippen LogP contribution in [-0.2, 0) is 9.47 Å². The van der Waals surface area contributed by atoms with Crippen LogP contribution in [0, 0.1) is 0 Å². The second kappa shape index (κ2) is 4.40. The number of benzene rings is 1. The molecule has 1 fully saturated rings. The first-order valence-corrected chi connectivity index (χ1v) is 4.97. The average Bonchev–Trinajstić information content (AvgIpc) is 2.61. The molecule has 1 atom stereocenters. The molecule has 0 aliphatic carbocycles. The molecule has 1 aliphatic rings. The Morgan fingerprint density at radius 3 is 2.81 bits per heavy atom. The number of methoxy groups -OCH3 is 1. The van der Waals surface area contributed by atoms with Crippen molar-refractivity contribution in [2.45, 2.75) is 6.10 Å². The number of carbonyl (C=O) groups is 1. The molecule has 5 heteroatoms. The second-order valence-electron chi connectivity index (χ2n) is 3.59. The van der Waals surface area contributed by atoms with Crippen molar-refractivity contribution in [3.8, 4) is 5.75 Å². The third-order valence-corrected chi connectivity index (χ3v) is 2.39. The minimum atomic E-state index is -0.382. The number of phenolic OH excluding ortho intramolecular Hbond substituents is 1. The van der Waals surface area contributed by atoms with Crippen LogP contribution in [0.2, 0.25) is 0 Å². The second-order valence-corrected chi connectivity index (χ2v) is 3.59. The monoisotopic (exact) mass is 223 g/mol. The molecule has 86 valence electrons. The third-order valence-electron chi connectivity index (χ3n) is 2.39. The molecule has 1 amide bonds. The van der Waals surface area contributed by atoms with E-state index in [1.807, 2.05) is 0 Å². The predicted molar refractivity (Wildman–Crippen MR) is 57.6 cm³/mol. The predicted octanol–water partition coefficient (Wildman–Crippen LogP) is 1.36. The van der Waals surface area contributed by atoms with Crippen LogP contribution in [0.5, 0.6) is 5.75 Å². The number of cyclic esters (lactones) is 1. The minimum Gasteiger partial charge on any atom is -0.508 e. The van der Waals surface area contributed by atoms with Crippen molar-refractivity contribution in [3.63, 3.8) is 0 Å². The van der Waals surface area contributed by atoms with Crippen LogP contribution in [0.25, 0.3) is 0 Å². The summed E-state index contributed by atoms with van der Waals surface area (Å²) in [7, 11) is 1.57. The highest BCUT2D eigenvalue weighted by molar-refractivity contribution is 5.89. The molecule has 1 N–H and O–H groups in total. The summed E-state index contributed by atoms with van der Waals surface area (Å²) in [6.07, 6.45) is -0.612. The Labute approximate surface area is 93.2 Å². The number of carbonyl (C=O) groups excluding carboxylic acids is 1. The van der Waals surface area contributed by atoms with Crippen molar-refractivity contribution in [1.29, 1.82) is 0 Å². The van der Waals surface area contributed by atoms with Gasteiger partial charge in [-0.3, -0.25) is 4.90 Å². The Morgan fingerprint density at radius 2 is 2.19 bits per heavy atom. The van der Waals surface area contributed by atoms with Crippen molar-refractivity contribution in [2.75, 3.05) is 25.2 Å². The van der Waals surface area contributed by atoms with E-state index in [2.05, 4.69) is 0 Å². The van der Waals surface area contributed by atoms with Crippen LogP contribution in [0.1, 0.15) is 0 Å². The standard InChI is InChI=1S/C11H13NO4/c1-15-7-10-6-12(11(14)16-10)8-2-4-9(13)5-3-8/h2-5,10,13H,6-7H2,1H3/t10-/m1/s1. The molecule has 1 aromatic carbocycles. The van der Waals surface area contributed by atoms with Gasteiger partial charge < -0.3 is 14.6 Å². The average molecular weight is 223 g/mol. The van der Waals surface area contributed by atoms with Gasteiger partial charge in [0.1, 0.15) is 11.9 Å². The molecular weight excluding hydrogens is 210 g/mol. The van der Waals surface area contributed by atoms with Crippen LogP contribution in [0.3, 0.4) is 0 Å². The molecule has 0 radical (unpaired) electrons. The van der Waals surface area contributed by atoms with Gasteiger partial charge in [-0.25, -0.2) is 4.79 Å². The molecule has 1 aromatic rings. The lowest BCUT2D eigenvalue weighted by atomic mass is 10.2. The van der Waals surface area contributed by atoms with Gasteiger partial charge in [0.2, 0.25) is 0 Å². The van der Waals surface area contributed by atoms with E-state index in [0.717, 1.165) is 0 Å². The van der Waals surface area contributed by atoms with Crippen molar-refractivity contribution >= 4 is 11.8 Å². The first-order valence-electron chi connectivity index (χ1n) is 4.97. The number of amides is 1. The fourth-order valence-electron chi connectivity index (χ4n) is 1.64. The Hall–Kier alpha value is -1.75. The van der Waals surface area contributed by atoms with Gasteiger partial charge in [-0.1, -0.05) is 0 Å². The van der Waals surface area contributed by atoms with E-state index in [1.54, 1.807) is 19.2 Å². The van der Waals surface area contributed by atoms with Gasteiger partial charge in [-0.15, -0.1) is 0 Å². The molecule has 16 heavy (non-hydrogen) atoms. The van der Waals surface area contributed by atoms with Gasteiger partial charge in [-0.05, 0) is 24.3 Å². The fraction of sp³-hybridized carbons (Fsp3) is 0.364. The van der Waals surface area contributed by atoms with Gasteiger partial charge >= 0.3 is 6.09 Å². The first kappa shape index (κ1) is 10.8. The number of hydrogen-bond acceptors (Lipinski definition) is 4. The van der Waals surface area contributed by atoms with E-state index < -0.39 is 0 Å². The number of nitrogens with zero attached hydrogens (tertiary/aromatic N) is 1. The third kappa shape index (κ3) is 2.09. The van der Waals surface area contributed by atoms with E-state index in [1.165, 1.54) is 17.0 Å². The van der Waals surface area contributed by atoms with E-state index in [-0.39, 0.29) is 17.9 Å². The smallest absolute Gasteiger partial charge is 0.414 e. The lowest BCUT2D eigenvalue weighted by molar-refractivity contribution is 0.0718. The van der Waals surface area contributed by atoms with Crippen LogP contribution in [-0.4, -0.2) is 37.6 Å². The topological polar surface area (TPSA) is 59.0 Å². The maximum atomic E-state index is 11.5. The summed E-state index contributed by atoms with van der Waals surface area (Å²) in [5.74, 6) is 0.171. The zero-order valence-corrected chi connectivity index (χ0v) is 8.92. The zero-order chi connectivity index (χ0) is 11.5. The van der Waals surface area contributed by atoms with Gasteiger partial charge in [0.15, 0.2) is 0 Å². The summed E-state index contributed by atoms with van der Waals surface area (Å²) in [5, 5.41) is 9.15. The molecule has 5 nitrogen and oxygen atoms in total. The molecular formula is C11H13NO4. The summed E-state index contributed by atoms with van der Waals surface area (Å²) >= 11 is 0. The van der Waals surface area contributed by atoms with Crippen molar-refractivity contribution in [2.24, 2.45) is 0 Å². The van der Waals surface area contributed by atoms with Crippen LogP contribution in [0.4, 0.5) is 10.5 Å². The highest BCUT2D eigenvalue weighted by atomic mass is 16.6. The largest absolute Gasteiger partial charge is 0.508 e. The normalized spacial score (nSPS) is 19.9. The SMILES string of the molecule is COC[C@H]1CN(c2ccc(O)cc2)C(=O)O1. The van der Waals surface area contributed by atoms with Crippen LogP contribution >= 0.6 is 0 Å². The Kier molecular flexibility index (Phi) is 2.96. The number of anilines is 1. The van der Waals surface area contributed by atoms with Gasteiger partial charge in [0, 0.05) is 12.8 Å². The maximum absolute atomic E-state index is 11.5. The molecule has 0 saturated carbocycles. The van der Waals surface area contributed by atoms with Gasteiger partial charge in [0.25, 0.3) is 0 Å². The first-order chi connectivity index (χ1) is 7.70. The van der Waals surface area contributed by atoms with Crippen LogP contribution < -0.4 is 4.90 Å². The Bertz CT molecular complexity index is 376. The van der Waals surface area contributed by atoms with Gasteiger partial charge in [0.05, 0.1) is 13.2 Å². The quantitative estimate of drug-likeness (QED) is 0.840. The molecule has 1 aliphatic heterocycles. The van der Waals surface area contributed by atoms with Crippen LogP contribution in [0.15, 0.2) is 24.3 Å². The summed E-state index contributed by atoms with van der Waals surface area (Å²) < 4.78 is 10.0.